The number of likely N-dealkylation sites (N-methyl/N-ethyl adjacent to an activating group) is 1. The Labute approximate surface area is 137 Å². The second-order valence-electron chi connectivity index (χ2n) is 4.90. The number of carbonyl (C=O) groups excluding carboxylic acids is 1. The van der Waals surface area contributed by atoms with E-state index in [2.05, 4.69) is 34.3 Å². The van der Waals surface area contributed by atoms with Crippen molar-refractivity contribution in [3.05, 3.63) is 50.6 Å². The van der Waals surface area contributed by atoms with Crippen molar-refractivity contribution in [1.82, 2.24) is 4.90 Å². The zero-order valence-corrected chi connectivity index (χ0v) is 14.7. The lowest BCUT2D eigenvalue weighted by atomic mass is 10.1. The standard InChI is InChI=1S/C16H18BrNO2S/c1-11(9-13-5-4-8-21-13)18(2)16(19)12-6-7-15(20-3)14(17)10-12/h4-8,10-11H,9H2,1-3H3. The molecular weight excluding hydrogens is 350 g/mol. The third kappa shape index (κ3) is 3.86. The molecule has 0 radical (unpaired) electrons. The van der Waals surface area contributed by atoms with Crippen LogP contribution in [0.1, 0.15) is 22.2 Å². The van der Waals surface area contributed by atoms with E-state index in [9.17, 15) is 4.79 Å². The van der Waals surface area contributed by atoms with Crippen LogP contribution in [0.25, 0.3) is 0 Å². The van der Waals surface area contributed by atoms with Crippen molar-refractivity contribution < 1.29 is 9.53 Å². The van der Waals surface area contributed by atoms with E-state index in [1.165, 1.54) is 4.88 Å². The minimum Gasteiger partial charge on any atom is -0.496 e. The molecule has 1 heterocycles. The largest absolute Gasteiger partial charge is 0.496 e. The lowest BCUT2D eigenvalue weighted by Crippen LogP contribution is -2.36. The van der Waals surface area contributed by atoms with Gasteiger partial charge in [0.25, 0.3) is 5.91 Å². The molecule has 0 aliphatic carbocycles. The highest BCUT2D eigenvalue weighted by atomic mass is 79.9. The first-order valence-corrected chi connectivity index (χ1v) is 8.33. The highest BCUT2D eigenvalue weighted by molar-refractivity contribution is 9.10. The van der Waals surface area contributed by atoms with Gasteiger partial charge in [0, 0.05) is 30.0 Å². The molecule has 0 saturated carbocycles. The number of hydrogen-bond acceptors (Lipinski definition) is 3. The third-order valence-electron chi connectivity index (χ3n) is 3.46. The summed E-state index contributed by atoms with van der Waals surface area (Å²) in [5, 5.41) is 2.06. The number of hydrogen-bond donors (Lipinski definition) is 0. The number of ether oxygens (including phenoxy) is 1. The number of thiophene rings is 1. The van der Waals surface area contributed by atoms with Gasteiger partial charge in [-0.2, -0.15) is 0 Å². The summed E-state index contributed by atoms with van der Waals surface area (Å²) in [5.41, 5.74) is 0.656. The molecule has 1 aromatic carbocycles. The summed E-state index contributed by atoms with van der Waals surface area (Å²) in [6.07, 6.45) is 0.872. The molecule has 2 aromatic rings. The summed E-state index contributed by atoms with van der Waals surface area (Å²) in [6.45, 7) is 2.07. The van der Waals surface area contributed by atoms with Gasteiger partial charge in [-0.1, -0.05) is 6.07 Å². The summed E-state index contributed by atoms with van der Waals surface area (Å²) in [7, 11) is 3.45. The Morgan fingerprint density at radius 1 is 1.43 bits per heavy atom. The Morgan fingerprint density at radius 2 is 2.19 bits per heavy atom. The molecule has 112 valence electrons. The van der Waals surface area contributed by atoms with E-state index < -0.39 is 0 Å². The zero-order chi connectivity index (χ0) is 15.4. The Morgan fingerprint density at radius 3 is 2.76 bits per heavy atom. The zero-order valence-electron chi connectivity index (χ0n) is 12.3. The second-order valence-corrected chi connectivity index (χ2v) is 6.78. The van der Waals surface area contributed by atoms with Crippen LogP contribution in [-0.2, 0) is 6.42 Å². The van der Waals surface area contributed by atoms with E-state index in [0.29, 0.717) is 5.56 Å². The third-order valence-corrected chi connectivity index (χ3v) is 4.98. The molecule has 0 aliphatic rings. The van der Waals surface area contributed by atoms with Crippen molar-refractivity contribution in [2.75, 3.05) is 14.2 Å². The molecule has 1 aromatic heterocycles. The first-order valence-electron chi connectivity index (χ1n) is 6.66. The predicted octanol–water partition coefficient (Wildman–Crippen LogP) is 4.22. The van der Waals surface area contributed by atoms with Gasteiger partial charge in [0.05, 0.1) is 11.6 Å². The van der Waals surface area contributed by atoms with E-state index in [0.717, 1.165) is 16.6 Å². The Bertz CT molecular complexity index is 613. The Kier molecular flexibility index (Phi) is 5.42. The summed E-state index contributed by atoms with van der Waals surface area (Å²) in [5.74, 6) is 0.739. The Hall–Kier alpha value is -1.33. The van der Waals surface area contributed by atoms with Crippen LogP contribution >= 0.6 is 27.3 Å². The molecule has 0 aliphatic heterocycles. The van der Waals surface area contributed by atoms with E-state index in [4.69, 9.17) is 4.74 Å². The molecule has 0 saturated heterocycles. The molecule has 0 bridgehead atoms. The van der Waals surface area contributed by atoms with Crippen molar-refractivity contribution >= 4 is 33.2 Å². The highest BCUT2D eigenvalue weighted by Gasteiger charge is 2.19. The van der Waals surface area contributed by atoms with Gasteiger partial charge >= 0.3 is 0 Å². The van der Waals surface area contributed by atoms with E-state index in [1.807, 2.05) is 13.1 Å². The van der Waals surface area contributed by atoms with Crippen LogP contribution in [0.3, 0.4) is 0 Å². The number of halogens is 1. The molecule has 0 N–H and O–H groups in total. The molecule has 0 spiro atoms. The fourth-order valence-corrected chi connectivity index (χ4v) is 3.43. The van der Waals surface area contributed by atoms with Crippen LogP contribution in [0.15, 0.2) is 40.2 Å². The van der Waals surface area contributed by atoms with E-state index in [-0.39, 0.29) is 11.9 Å². The lowest BCUT2D eigenvalue weighted by molar-refractivity contribution is 0.0744. The van der Waals surface area contributed by atoms with Gasteiger partial charge in [0.15, 0.2) is 0 Å². The van der Waals surface area contributed by atoms with Gasteiger partial charge < -0.3 is 9.64 Å². The normalized spacial score (nSPS) is 12.0. The van der Waals surface area contributed by atoms with Gasteiger partial charge in [-0.15, -0.1) is 11.3 Å². The summed E-state index contributed by atoms with van der Waals surface area (Å²) in [4.78, 5) is 15.6. The van der Waals surface area contributed by atoms with Crippen LogP contribution in [0, 0.1) is 0 Å². The number of carbonyl (C=O) groups is 1. The first-order chi connectivity index (χ1) is 10.0. The first kappa shape index (κ1) is 16.0. The van der Waals surface area contributed by atoms with Crippen LogP contribution in [0.4, 0.5) is 0 Å². The number of nitrogens with zero attached hydrogens (tertiary/aromatic N) is 1. The average Bonchev–Trinajstić information content (AvgIpc) is 2.98. The van der Waals surface area contributed by atoms with Crippen LogP contribution in [0.5, 0.6) is 5.75 Å². The maximum absolute atomic E-state index is 12.5. The van der Waals surface area contributed by atoms with Gasteiger partial charge in [0.1, 0.15) is 5.75 Å². The molecule has 1 unspecified atom stereocenters. The van der Waals surface area contributed by atoms with Crippen LogP contribution < -0.4 is 4.74 Å². The number of methoxy groups -OCH3 is 1. The molecule has 21 heavy (non-hydrogen) atoms. The fraction of sp³-hybridized carbons (Fsp3) is 0.312. The predicted molar refractivity (Wildman–Crippen MR) is 90.3 cm³/mol. The number of amides is 1. The minimum atomic E-state index is 0.0161. The minimum absolute atomic E-state index is 0.0161. The molecule has 1 amide bonds. The molecule has 1 atom stereocenters. The van der Waals surface area contributed by atoms with E-state index in [1.54, 1.807) is 41.5 Å². The van der Waals surface area contributed by atoms with Crippen molar-refractivity contribution in [3.8, 4) is 5.75 Å². The molecular formula is C16H18BrNO2S. The van der Waals surface area contributed by atoms with Crippen molar-refractivity contribution in [2.45, 2.75) is 19.4 Å². The summed E-state index contributed by atoms with van der Waals surface area (Å²) in [6, 6.07) is 9.68. The van der Waals surface area contributed by atoms with Crippen molar-refractivity contribution in [1.29, 1.82) is 0 Å². The quantitative estimate of drug-likeness (QED) is 0.791. The maximum Gasteiger partial charge on any atom is 0.253 e. The molecule has 0 fully saturated rings. The fourth-order valence-electron chi connectivity index (χ4n) is 2.06. The topological polar surface area (TPSA) is 29.5 Å². The van der Waals surface area contributed by atoms with Crippen molar-refractivity contribution in [3.63, 3.8) is 0 Å². The number of rotatable bonds is 5. The van der Waals surface area contributed by atoms with E-state index >= 15 is 0 Å². The molecule has 5 heteroatoms. The average molecular weight is 368 g/mol. The monoisotopic (exact) mass is 367 g/mol. The van der Waals surface area contributed by atoms with Gasteiger partial charge in [-0.25, -0.2) is 0 Å². The smallest absolute Gasteiger partial charge is 0.253 e. The molecule has 2 rings (SSSR count). The second kappa shape index (κ2) is 7.09. The summed E-state index contributed by atoms with van der Waals surface area (Å²) < 4.78 is 5.97. The summed E-state index contributed by atoms with van der Waals surface area (Å²) >= 11 is 5.14. The lowest BCUT2D eigenvalue weighted by Gasteiger charge is -2.25. The van der Waals surface area contributed by atoms with Crippen LogP contribution in [-0.4, -0.2) is 31.0 Å². The Balaban J connectivity index is 2.09. The van der Waals surface area contributed by atoms with Gasteiger partial charge in [0.2, 0.25) is 0 Å². The van der Waals surface area contributed by atoms with Crippen LogP contribution in [0.2, 0.25) is 0 Å². The highest BCUT2D eigenvalue weighted by Crippen LogP contribution is 2.26. The number of benzene rings is 1. The SMILES string of the molecule is COc1ccc(C(=O)N(C)C(C)Cc2cccs2)cc1Br. The van der Waals surface area contributed by atoms with Gasteiger partial charge in [-0.05, 0) is 52.5 Å². The maximum atomic E-state index is 12.5. The molecule has 3 nitrogen and oxygen atoms in total. The van der Waals surface area contributed by atoms with Crippen molar-refractivity contribution in [2.24, 2.45) is 0 Å². The van der Waals surface area contributed by atoms with Gasteiger partial charge in [-0.3, -0.25) is 4.79 Å².